The molecule has 3 heteroatoms. The molecule has 1 aliphatic heterocycles. The number of hydrogen-bond donors (Lipinski definition) is 0. The highest BCUT2D eigenvalue weighted by Gasteiger charge is 2.74. The number of likely N-dealkylation sites (tertiary alicyclic amines) is 1. The van der Waals surface area contributed by atoms with Gasteiger partial charge in [-0.05, 0) is 39.8 Å². The van der Waals surface area contributed by atoms with Crippen LogP contribution < -0.4 is 0 Å². The lowest BCUT2D eigenvalue weighted by molar-refractivity contribution is -0.140. The summed E-state index contributed by atoms with van der Waals surface area (Å²) in [5.41, 5.74) is 4.39. The maximum atomic E-state index is 14.6. The van der Waals surface area contributed by atoms with Crippen molar-refractivity contribution in [1.29, 1.82) is 0 Å². The second kappa shape index (κ2) is 5.86. The summed E-state index contributed by atoms with van der Waals surface area (Å²) in [6.07, 6.45) is 5.05. The van der Waals surface area contributed by atoms with Gasteiger partial charge in [-0.15, -0.1) is 0 Å². The highest BCUT2D eigenvalue weighted by Crippen LogP contribution is 2.67. The third kappa shape index (κ3) is 1.68. The molecular weight excluding hydrogens is 394 g/mol. The Bertz CT molecular complexity index is 1320. The van der Waals surface area contributed by atoms with E-state index in [1.54, 1.807) is 4.90 Å². The Balaban J connectivity index is 1.75. The first-order valence-corrected chi connectivity index (χ1v) is 11.5. The fraction of sp³-hybridized carbons (Fsp3) is 0.241. The van der Waals surface area contributed by atoms with Crippen LogP contribution in [-0.4, -0.2) is 23.3 Å². The molecule has 0 radical (unpaired) electrons. The molecule has 2 unspecified atom stereocenters. The Hall–Kier alpha value is -3.46. The van der Waals surface area contributed by atoms with E-state index in [-0.39, 0.29) is 23.7 Å². The molecule has 2 amide bonds. The smallest absolute Gasteiger partial charge is 0.246 e. The molecule has 1 fully saturated rings. The molecule has 2 atom stereocenters. The summed E-state index contributed by atoms with van der Waals surface area (Å²) in [6.45, 7) is 2.46. The molecule has 5 aliphatic rings. The van der Waals surface area contributed by atoms with Crippen LogP contribution in [0.25, 0.3) is 0 Å². The van der Waals surface area contributed by atoms with Crippen LogP contribution in [0.3, 0.4) is 0 Å². The van der Waals surface area contributed by atoms with Crippen LogP contribution in [0, 0.1) is 0 Å². The third-order valence-corrected chi connectivity index (χ3v) is 8.24. The van der Waals surface area contributed by atoms with Gasteiger partial charge in [0.05, 0.1) is 0 Å². The normalized spacial score (nSPS) is 30.5. The maximum absolute atomic E-state index is 14.6. The fourth-order valence-corrected chi connectivity index (χ4v) is 7.23. The molecule has 0 N–H and O–H groups in total. The number of nitrogens with zero attached hydrogens (tertiary/aromatic N) is 1. The largest absolute Gasteiger partial charge is 0.280 e. The van der Waals surface area contributed by atoms with Gasteiger partial charge in [0.1, 0.15) is 10.8 Å². The monoisotopic (exact) mass is 417 g/mol. The van der Waals surface area contributed by atoms with Crippen molar-refractivity contribution in [2.24, 2.45) is 0 Å². The van der Waals surface area contributed by atoms with E-state index in [0.717, 1.165) is 23.1 Å². The number of amides is 2. The van der Waals surface area contributed by atoms with E-state index in [0.29, 0.717) is 6.54 Å². The zero-order chi connectivity index (χ0) is 21.7. The minimum absolute atomic E-state index is 0.0810. The number of hydrogen-bond acceptors (Lipinski definition) is 2. The topological polar surface area (TPSA) is 37.4 Å². The highest BCUT2D eigenvalue weighted by molar-refractivity contribution is 6.20. The van der Waals surface area contributed by atoms with Gasteiger partial charge in [-0.3, -0.25) is 14.5 Å². The first-order chi connectivity index (χ1) is 15.7. The van der Waals surface area contributed by atoms with Crippen LogP contribution >= 0.6 is 0 Å². The van der Waals surface area contributed by atoms with Crippen molar-refractivity contribution >= 4 is 11.8 Å². The molecular formula is C29H23NO2. The number of rotatable bonds is 2. The molecule has 4 bridgehead atoms. The van der Waals surface area contributed by atoms with Crippen LogP contribution in [0.2, 0.25) is 0 Å². The number of imide groups is 1. The molecule has 32 heavy (non-hydrogen) atoms. The van der Waals surface area contributed by atoms with Crippen molar-refractivity contribution in [3.8, 4) is 0 Å². The summed E-state index contributed by atoms with van der Waals surface area (Å²) in [5.74, 6) is 0.0753. The minimum Gasteiger partial charge on any atom is -0.280 e. The van der Waals surface area contributed by atoms with Crippen molar-refractivity contribution in [2.45, 2.75) is 36.0 Å². The SMILES string of the molecule is CCCN1C(=O)C23C=CC(c4ccccc42)C2c4ccccc4C3(C1=O)c1ccccc12. The summed E-state index contributed by atoms with van der Waals surface area (Å²) in [6, 6.07) is 25.0. The summed E-state index contributed by atoms with van der Waals surface area (Å²) in [5, 5.41) is 0. The van der Waals surface area contributed by atoms with Crippen LogP contribution in [0.4, 0.5) is 0 Å². The molecule has 2 spiro atoms. The average Bonchev–Trinajstić information content (AvgIpc) is 2.98. The first-order valence-electron chi connectivity index (χ1n) is 11.5. The Morgan fingerprint density at radius 2 is 1.31 bits per heavy atom. The Labute approximate surface area is 187 Å². The summed E-state index contributed by atoms with van der Waals surface area (Å²) >= 11 is 0. The van der Waals surface area contributed by atoms with Crippen LogP contribution in [0.1, 0.15) is 58.6 Å². The Morgan fingerprint density at radius 1 is 0.750 bits per heavy atom. The maximum Gasteiger partial charge on any atom is 0.246 e. The second-order valence-electron chi connectivity index (χ2n) is 9.44. The van der Waals surface area contributed by atoms with Crippen molar-refractivity contribution in [1.82, 2.24) is 4.90 Å². The lowest BCUT2D eigenvalue weighted by atomic mass is 9.45. The van der Waals surface area contributed by atoms with Gasteiger partial charge in [0.15, 0.2) is 0 Å². The van der Waals surface area contributed by atoms with E-state index in [2.05, 4.69) is 66.7 Å². The number of benzene rings is 3. The van der Waals surface area contributed by atoms with Crippen LogP contribution in [0.15, 0.2) is 84.9 Å². The van der Waals surface area contributed by atoms with E-state index < -0.39 is 10.8 Å². The minimum atomic E-state index is -1.08. The molecule has 0 saturated carbocycles. The van der Waals surface area contributed by atoms with Gasteiger partial charge in [-0.25, -0.2) is 0 Å². The van der Waals surface area contributed by atoms with E-state index >= 15 is 0 Å². The quantitative estimate of drug-likeness (QED) is 0.444. The van der Waals surface area contributed by atoms with Crippen molar-refractivity contribution in [3.63, 3.8) is 0 Å². The fourth-order valence-electron chi connectivity index (χ4n) is 7.23. The highest BCUT2D eigenvalue weighted by atomic mass is 16.2. The van der Waals surface area contributed by atoms with Gasteiger partial charge in [0.25, 0.3) is 0 Å². The zero-order valence-electron chi connectivity index (χ0n) is 17.9. The molecule has 4 aliphatic carbocycles. The number of carbonyl (C=O) groups is 2. The predicted octanol–water partition coefficient (Wildman–Crippen LogP) is 4.80. The van der Waals surface area contributed by atoms with Crippen molar-refractivity contribution in [3.05, 3.63) is 118 Å². The second-order valence-corrected chi connectivity index (χ2v) is 9.44. The molecule has 3 nitrogen and oxygen atoms in total. The summed E-state index contributed by atoms with van der Waals surface area (Å²) in [7, 11) is 0. The lowest BCUT2D eigenvalue weighted by Gasteiger charge is -2.53. The van der Waals surface area contributed by atoms with Gasteiger partial charge in [0, 0.05) is 18.4 Å². The number of carbonyl (C=O) groups excluding carboxylic acids is 2. The van der Waals surface area contributed by atoms with E-state index in [1.807, 2.05) is 25.1 Å². The van der Waals surface area contributed by atoms with Crippen LogP contribution in [0.5, 0.6) is 0 Å². The van der Waals surface area contributed by atoms with Gasteiger partial charge < -0.3 is 0 Å². The van der Waals surface area contributed by atoms with Crippen molar-refractivity contribution in [2.75, 3.05) is 6.54 Å². The van der Waals surface area contributed by atoms with Crippen molar-refractivity contribution < 1.29 is 9.59 Å². The van der Waals surface area contributed by atoms with Crippen LogP contribution in [-0.2, 0) is 20.4 Å². The molecule has 1 heterocycles. The lowest BCUT2D eigenvalue weighted by Crippen LogP contribution is -2.57. The summed E-state index contributed by atoms with van der Waals surface area (Å²) < 4.78 is 0. The molecule has 156 valence electrons. The Kier molecular flexibility index (Phi) is 3.32. The number of allylic oxidation sites excluding steroid dienone is 1. The third-order valence-electron chi connectivity index (χ3n) is 8.24. The first kappa shape index (κ1) is 18.1. The predicted molar refractivity (Wildman–Crippen MR) is 123 cm³/mol. The van der Waals surface area contributed by atoms with E-state index in [9.17, 15) is 9.59 Å². The molecule has 3 aromatic rings. The van der Waals surface area contributed by atoms with Gasteiger partial charge in [-0.2, -0.15) is 0 Å². The van der Waals surface area contributed by atoms with Gasteiger partial charge in [-0.1, -0.05) is 91.9 Å². The standard InChI is InChI=1S/C29H23NO2/c1-2-17-30-26(31)28-16-15-19(18-9-3-6-12-22(18)28)25-20-10-4-7-13-23(20)29(28,27(30)32)24-14-8-5-11-21(24)25/h3-16,19,25H,2,17H2,1H3. The Morgan fingerprint density at radius 3 is 1.94 bits per heavy atom. The molecule has 8 rings (SSSR count). The molecule has 0 aromatic heterocycles. The van der Waals surface area contributed by atoms with Gasteiger partial charge >= 0.3 is 0 Å². The average molecular weight is 418 g/mol. The molecule has 1 saturated heterocycles. The van der Waals surface area contributed by atoms with E-state index in [4.69, 9.17) is 0 Å². The summed E-state index contributed by atoms with van der Waals surface area (Å²) in [4.78, 5) is 30.5. The molecule has 3 aromatic carbocycles. The zero-order valence-corrected chi connectivity index (χ0v) is 17.9. The van der Waals surface area contributed by atoms with Gasteiger partial charge in [0.2, 0.25) is 11.8 Å². The van der Waals surface area contributed by atoms with E-state index in [1.165, 1.54) is 16.7 Å².